The van der Waals surface area contributed by atoms with Crippen LogP contribution < -0.4 is 40.2 Å². The van der Waals surface area contributed by atoms with Crippen molar-refractivity contribution in [3.05, 3.63) is 289 Å². The normalized spacial score (nSPS) is 11.8. The van der Waals surface area contributed by atoms with Gasteiger partial charge in [-0.1, -0.05) is 215 Å². The van der Waals surface area contributed by atoms with Gasteiger partial charge in [0.2, 0.25) is 0 Å². The number of hydrogen-bond acceptors (Lipinski definition) is 5. The van der Waals surface area contributed by atoms with Crippen molar-refractivity contribution in [3.8, 4) is 46.0 Å². The smallest absolute Gasteiger partial charge is 0.0620 e. The SMILES string of the molecule is Brc1cccc(Oc2cccc(Oc3ccccc3)c2)c1.C.CCCCC(CC)Cc1cccc(Oc2cccc(Oc3ccccc3)c2)c1.COC1CCCC1.[Cl][Ni][Cl].c1ccc([PH+](CCC[PH+](c2ccccc2)c2ccccc2)c2ccccc2)cc1. The van der Waals surface area contributed by atoms with Gasteiger partial charge in [-0.2, -0.15) is 0 Å². The maximum absolute atomic E-state index is 6.11. The molecule has 0 spiro atoms. The van der Waals surface area contributed by atoms with Crippen LogP contribution in [-0.4, -0.2) is 25.5 Å². The molecule has 1 unspecified atom stereocenters. The van der Waals surface area contributed by atoms with Gasteiger partial charge in [0.25, 0.3) is 0 Å². The summed E-state index contributed by atoms with van der Waals surface area (Å²) in [5.74, 6) is 7.06. The summed E-state index contributed by atoms with van der Waals surface area (Å²) in [6, 6.07) is 95.6. The molecule has 1 saturated carbocycles. The third-order valence-electron chi connectivity index (χ3n) is 14.8. The molecule has 10 aromatic carbocycles. The van der Waals surface area contributed by atoms with Crippen molar-refractivity contribution in [3.63, 3.8) is 0 Å². The molecule has 0 N–H and O–H groups in total. The summed E-state index contributed by atoms with van der Waals surface area (Å²) in [5.41, 5.74) is 1.34. The number of unbranched alkanes of at least 4 members (excludes halogenated alkanes) is 1. The largest absolute Gasteiger partial charge is 0.0966 e. The van der Waals surface area contributed by atoms with E-state index in [1.807, 2.05) is 140 Å². The van der Waals surface area contributed by atoms with Gasteiger partial charge in [0, 0.05) is 30.1 Å². The molecule has 1 fully saturated rings. The van der Waals surface area contributed by atoms with E-state index in [-0.39, 0.29) is 7.43 Å². The van der Waals surface area contributed by atoms with Crippen molar-refractivity contribution in [2.45, 2.75) is 91.6 Å². The molecule has 10 aromatic rings. The number of halogens is 3. The van der Waals surface area contributed by atoms with Gasteiger partial charge < -0.3 is 23.7 Å². The number of hydrogen-bond donors (Lipinski definition) is 0. The molecule has 0 amide bonds. The number of benzene rings is 10. The Balaban J connectivity index is 0.000000198. The Hall–Kier alpha value is -6.23. The van der Waals surface area contributed by atoms with Gasteiger partial charge in [-0.25, -0.2) is 0 Å². The van der Waals surface area contributed by atoms with Crippen molar-refractivity contribution < 1.29 is 36.3 Å². The van der Waals surface area contributed by atoms with Gasteiger partial charge in [0.05, 0.1) is 55.5 Å². The van der Waals surface area contributed by atoms with Crippen LogP contribution in [0.4, 0.5) is 0 Å². The van der Waals surface area contributed by atoms with Crippen LogP contribution in [0.1, 0.15) is 84.6 Å². The van der Waals surface area contributed by atoms with Crippen molar-refractivity contribution in [1.29, 1.82) is 0 Å². The van der Waals surface area contributed by atoms with Gasteiger partial charge in [-0.15, -0.1) is 0 Å². The summed E-state index contributed by atoms with van der Waals surface area (Å²) in [5, 5.41) is 6.10. The average molecular weight is 1380 g/mol. The molecular formula is C78H87BrCl2NiO5P2+2. The first-order valence-electron chi connectivity index (χ1n) is 30.5. The molecule has 89 heavy (non-hydrogen) atoms. The van der Waals surface area contributed by atoms with E-state index in [0.29, 0.717) is 18.8 Å². The molecule has 0 aliphatic heterocycles. The fourth-order valence-corrected chi connectivity index (χ4v) is 16.3. The second-order valence-electron chi connectivity index (χ2n) is 21.2. The van der Waals surface area contributed by atoms with Crippen molar-refractivity contribution in [2.24, 2.45) is 5.92 Å². The number of methoxy groups -OCH3 is 1. The van der Waals surface area contributed by atoms with Crippen LogP contribution in [-0.2, 0) is 23.8 Å². The Morgan fingerprint density at radius 1 is 0.427 bits per heavy atom. The molecule has 5 nitrogen and oxygen atoms in total. The van der Waals surface area contributed by atoms with E-state index in [4.69, 9.17) is 44.1 Å². The Kier molecular flexibility index (Phi) is 34.5. The van der Waals surface area contributed by atoms with Crippen LogP contribution in [0.25, 0.3) is 0 Å². The van der Waals surface area contributed by atoms with E-state index in [1.165, 1.54) is 96.9 Å². The average Bonchev–Trinajstić information content (AvgIpc) is 4.20. The number of ether oxygens (including phenoxy) is 5. The summed E-state index contributed by atoms with van der Waals surface area (Å²) in [6.45, 7) is 4.55. The monoisotopic (exact) mass is 1370 g/mol. The molecule has 468 valence electrons. The van der Waals surface area contributed by atoms with E-state index in [9.17, 15) is 0 Å². The molecule has 1 atom stereocenters. The third kappa shape index (κ3) is 27.0. The summed E-state index contributed by atoms with van der Waals surface area (Å²) in [6.07, 6.45) is 16.0. The summed E-state index contributed by atoms with van der Waals surface area (Å²) < 4.78 is 29.7. The Labute approximate surface area is 557 Å². The Morgan fingerprint density at radius 3 is 1.10 bits per heavy atom. The predicted octanol–water partition coefficient (Wildman–Crippen LogP) is 22.8. The molecule has 0 bridgehead atoms. The van der Waals surface area contributed by atoms with Gasteiger partial charge in [0.1, 0.15) is 46.0 Å². The third-order valence-corrected chi connectivity index (χ3v) is 21.1. The minimum atomic E-state index is -0.742. The second-order valence-corrected chi connectivity index (χ2v) is 28.9. The molecule has 0 radical (unpaired) electrons. The second kappa shape index (κ2) is 42.7. The van der Waals surface area contributed by atoms with Gasteiger partial charge in [0.15, 0.2) is 0 Å². The zero-order chi connectivity index (χ0) is 61.6. The first kappa shape index (κ1) is 71.8. The topological polar surface area (TPSA) is 46.2 Å². The molecule has 0 aromatic heterocycles. The fraction of sp³-hybridized carbons (Fsp3) is 0.231. The van der Waals surface area contributed by atoms with Crippen molar-refractivity contribution >= 4 is 73.4 Å². The molecule has 1 aliphatic rings. The van der Waals surface area contributed by atoms with E-state index < -0.39 is 15.8 Å². The van der Waals surface area contributed by atoms with E-state index in [2.05, 4.69) is 169 Å². The molecule has 0 saturated heterocycles. The van der Waals surface area contributed by atoms with Crippen LogP contribution in [0.15, 0.2) is 284 Å². The minimum Gasteiger partial charge on any atom is -0.0620 e. The molecule has 1 aliphatic carbocycles. The van der Waals surface area contributed by atoms with Gasteiger partial charge in [-0.3, -0.25) is 0 Å². The molecule has 0 heterocycles. The standard InChI is InChI=1S/C27H26P2.C26H30O2.C18H13BrO2.C6H12O.CH4.2ClH.Ni/c1-5-14-24(15-6-1)28(25-16-7-2-8-17-25)22-13-23-29(26-18-9-3-10-19-26)27-20-11-4-12-21-27;1-3-5-11-21(4-2)18-22-12-9-15-24(19-22)28-26-17-10-16-25(20-26)27-23-13-7-6-8-14-23;19-14-6-4-9-16(12-14)21-18-11-5-10-17(13-18)20-15-7-2-1-3-8-15;1-7-6-4-2-3-5-6;;;;/h1-12,14-21H,13,22-23H2;6-10,12-17,19-21H,3-5,11,18H2,1-2H3;1-13H;6H,2-5H2,1H3;1H4;2*1H;/q;;;;;;;+2. The van der Waals surface area contributed by atoms with Crippen molar-refractivity contribution in [1.82, 2.24) is 0 Å². The summed E-state index contributed by atoms with van der Waals surface area (Å²) in [7, 11) is 9.72. The van der Waals surface area contributed by atoms with E-state index in [0.717, 1.165) is 62.8 Å². The first-order valence-corrected chi connectivity index (χ1v) is 37.4. The number of rotatable bonds is 23. The van der Waals surface area contributed by atoms with Crippen LogP contribution in [0.3, 0.4) is 0 Å². The molecule has 11 heteroatoms. The van der Waals surface area contributed by atoms with Gasteiger partial charge in [-0.05, 0) is 158 Å². The van der Waals surface area contributed by atoms with Crippen LogP contribution in [0.2, 0.25) is 0 Å². The van der Waals surface area contributed by atoms with Crippen LogP contribution in [0, 0.1) is 5.92 Å². The van der Waals surface area contributed by atoms with Crippen LogP contribution >= 0.6 is 52.2 Å². The van der Waals surface area contributed by atoms with Crippen molar-refractivity contribution in [2.75, 3.05) is 19.4 Å². The van der Waals surface area contributed by atoms with E-state index >= 15 is 0 Å². The molecule has 11 rings (SSSR count). The molecular weight excluding hydrogens is 1290 g/mol. The zero-order valence-electron chi connectivity index (χ0n) is 50.7. The zero-order valence-corrected chi connectivity index (χ0v) is 56.8. The van der Waals surface area contributed by atoms with E-state index in [1.54, 1.807) is 7.11 Å². The number of para-hydroxylation sites is 2. The quantitative estimate of drug-likeness (QED) is 0.0472. The Morgan fingerprint density at radius 2 is 0.753 bits per heavy atom. The Bertz CT molecular complexity index is 3270. The maximum Gasteiger partial charge on any atom is 0.0966 e. The van der Waals surface area contributed by atoms with Crippen LogP contribution in [0.5, 0.6) is 46.0 Å². The first-order chi connectivity index (χ1) is 43.3. The summed E-state index contributed by atoms with van der Waals surface area (Å²) in [4.78, 5) is 0. The maximum atomic E-state index is 6.11. The van der Waals surface area contributed by atoms with Gasteiger partial charge >= 0.3 is 33.0 Å². The summed E-state index contributed by atoms with van der Waals surface area (Å²) >= 11 is 4.00. The fourth-order valence-electron chi connectivity index (χ4n) is 10.3. The minimum absolute atomic E-state index is 0. The predicted molar refractivity (Wildman–Crippen MR) is 387 cm³/mol.